The number of thiazole rings is 1. The van der Waals surface area contributed by atoms with Crippen molar-refractivity contribution in [3.63, 3.8) is 0 Å². The highest BCUT2D eigenvalue weighted by Crippen LogP contribution is 2.34. The molecule has 1 heterocycles. The number of hydrogen-bond donors (Lipinski definition) is 0. The molecule has 2 aromatic rings. The molecule has 0 radical (unpaired) electrons. The molecule has 1 aliphatic carbocycles. The van der Waals surface area contributed by atoms with E-state index >= 15 is 0 Å². The molecule has 130 valence electrons. The molecular formula is C19H27N3OS. The average molecular weight is 346 g/mol. The first-order valence-electron chi connectivity index (χ1n) is 8.79. The van der Waals surface area contributed by atoms with Crippen LogP contribution in [0.1, 0.15) is 36.8 Å². The number of likely N-dealkylation sites (N-methyl/N-ethyl adjacent to an activating group) is 1. The highest BCUT2D eigenvalue weighted by Gasteiger charge is 2.29. The number of carbonyl (C=O) groups is 1. The van der Waals surface area contributed by atoms with E-state index in [0.717, 1.165) is 30.0 Å². The maximum absolute atomic E-state index is 13.1. The number of fused-ring (bicyclic) bond motifs is 1. The van der Waals surface area contributed by atoms with Crippen LogP contribution >= 0.6 is 11.3 Å². The molecule has 0 saturated heterocycles. The number of anilines is 1. The molecule has 0 spiro atoms. The van der Waals surface area contributed by atoms with Crippen molar-refractivity contribution in [1.82, 2.24) is 9.88 Å². The van der Waals surface area contributed by atoms with Crippen molar-refractivity contribution in [2.45, 2.75) is 39.5 Å². The zero-order valence-electron chi connectivity index (χ0n) is 15.1. The Morgan fingerprint density at radius 3 is 2.58 bits per heavy atom. The Balaban J connectivity index is 1.94. The van der Waals surface area contributed by atoms with Crippen LogP contribution in [0.2, 0.25) is 0 Å². The van der Waals surface area contributed by atoms with Gasteiger partial charge < -0.3 is 4.90 Å². The summed E-state index contributed by atoms with van der Waals surface area (Å²) >= 11 is 1.65. The topological polar surface area (TPSA) is 36.4 Å². The molecule has 1 fully saturated rings. The maximum atomic E-state index is 13.1. The Hall–Kier alpha value is -1.46. The second-order valence-corrected chi connectivity index (χ2v) is 8.18. The summed E-state index contributed by atoms with van der Waals surface area (Å²) in [5, 5.41) is 0.859. The molecule has 24 heavy (non-hydrogen) atoms. The van der Waals surface area contributed by atoms with Crippen LogP contribution in [0.5, 0.6) is 0 Å². The van der Waals surface area contributed by atoms with E-state index in [1.807, 2.05) is 19.0 Å². The van der Waals surface area contributed by atoms with E-state index in [0.29, 0.717) is 6.54 Å². The SMILES string of the molecule is Cc1cc(C)c2sc(N(CCN(C)C)C(=O)C3CCCC3)nc2c1. The number of aryl methyl sites for hydroxylation is 2. The third-order valence-corrected chi connectivity index (χ3v) is 6.01. The number of amides is 1. The van der Waals surface area contributed by atoms with Crippen LogP contribution in [0.15, 0.2) is 12.1 Å². The van der Waals surface area contributed by atoms with E-state index in [2.05, 4.69) is 30.9 Å². The van der Waals surface area contributed by atoms with Gasteiger partial charge in [0.05, 0.1) is 10.2 Å². The fourth-order valence-corrected chi connectivity index (χ4v) is 4.52. The molecule has 0 unspecified atom stereocenters. The summed E-state index contributed by atoms with van der Waals surface area (Å²) in [7, 11) is 4.09. The Labute approximate surface area is 148 Å². The fraction of sp³-hybridized carbons (Fsp3) is 0.579. The molecule has 1 saturated carbocycles. The van der Waals surface area contributed by atoms with Crippen LogP contribution in [0, 0.1) is 19.8 Å². The molecule has 1 aromatic carbocycles. The second kappa shape index (κ2) is 7.19. The highest BCUT2D eigenvalue weighted by atomic mass is 32.1. The lowest BCUT2D eigenvalue weighted by atomic mass is 10.1. The molecule has 0 aliphatic heterocycles. The summed E-state index contributed by atoms with van der Waals surface area (Å²) < 4.78 is 1.20. The predicted octanol–water partition coefficient (Wildman–Crippen LogP) is 4.00. The number of rotatable bonds is 5. The first-order chi connectivity index (χ1) is 11.5. The summed E-state index contributed by atoms with van der Waals surface area (Å²) in [5.74, 6) is 0.449. The normalized spacial score (nSPS) is 15.5. The number of nitrogens with zero attached hydrogens (tertiary/aromatic N) is 3. The average Bonchev–Trinajstić information content (AvgIpc) is 3.16. The Morgan fingerprint density at radius 2 is 1.92 bits per heavy atom. The van der Waals surface area contributed by atoms with Gasteiger partial charge in [-0.1, -0.05) is 30.2 Å². The summed E-state index contributed by atoms with van der Waals surface area (Å²) in [4.78, 5) is 21.9. The van der Waals surface area contributed by atoms with Gasteiger partial charge in [0.1, 0.15) is 0 Å². The maximum Gasteiger partial charge on any atom is 0.231 e. The first kappa shape index (κ1) is 17.4. The van der Waals surface area contributed by atoms with Crippen molar-refractivity contribution >= 4 is 32.6 Å². The number of hydrogen-bond acceptors (Lipinski definition) is 4. The molecule has 1 aliphatic rings. The largest absolute Gasteiger partial charge is 0.308 e. The zero-order valence-corrected chi connectivity index (χ0v) is 15.9. The van der Waals surface area contributed by atoms with Gasteiger partial charge in [-0.05, 0) is 58.0 Å². The van der Waals surface area contributed by atoms with E-state index < -0.39 is 0 Å². The monoisotopic (exact) mass is 345 g/mol. The molecule has 0 bridgehead atoms. The van der Waals surface area contributed by atoms with E-state index in [1.165, 1.54) is 28.7 Å². The lowest BCUT2D eigenvalue weighted by Gasteiger charge is -2.24. The highest BCUT2D eigenvalue weighted by molar-refractivity contribution is 7.22. The van der Waals surface area contributed by atoms with E-state index in [-0.39, 0.29) is 11.8 Å². The van der Waals surface area contributed by atoms with Gasteiger partial charge in [0.2, 0.25) is 5.91 Å². The van der Waals surface area contributed by atoms with Crippen molar-refractivity contribution in [1.29, 1.82) is 0 Å². The Kier molecular flexibility index (Phi) is 5.21. The van der Waals surface area contributed by atoms with Gasteiger partial charge in [-0.3, -0.25) is 9.69 Å². The second-order valence-electron chi connectivity index (χ2n) is 7.20. The number of benzene rings is 1. The zero-order chi connectivity index (χ0) is 17.3. The minimum absolute atomic E-state index is 0.182. The minimum Gasteiger partial charge on any atom is -0.308 e. The molecule has 4 nitrogen and oxygen atoms in total. The number of carbonyl (C=O) groups excluding carboxylic acids is 1. The molecule has 1 aromatic heterocycles. The Morgan fingerprint density at radius 1 is 1.21 bits per heavy atom. The van der Waals surface area contributed by atoms with E-state index in [4.69, 9.17) is 4.98 Å². The summed E-state index contributed by atoms with van der Waals surface area (Å²) in [5.41, 5.74) is 3.48. The third kappa shape index (κ3) is 3.62. The van der Waals surface area contributed by atoms with Crippen LogP contribution in [0.4, 0.5) is 5.13 Å². The van der Waals surface area contributed by atoms with Gasteiger partial charge >= 0.3 is 0 Å². The lowest BCUT2D eigenvalue weighted by molar-refractivity contribution is -0.122. The molecule has 5 heteroatoms. The lowest BCUT2D eigenvalue weighted by Crippen LogP contribution is -2.39. The molecular weight excluding hydrogens is 318 g/mol. The Bertz CT molecular complexity index is 732. The number of aromatic nitrogens is 1. The van der Waals surface area contributed by atoms with Gasteiger partial charge in [-0.25, -0.2) is 4.98 Å². The molecule has 3 rings (SSSR count). The van der Waals surface area contributed by atoms with Gasteiger partial charge in [0.25, 0.3) is 0 Å². The minimum atomic E-state index is 0.182. The van der Waals surface area contributed by atoms with Crippen LogP contribution in [0.3, 0.4) is 0 Å². The molecule has 1 amide bonds. The first-order valence-corrected chi connectivity index (χ1v) is 9.61. The van der Waals surface area contributed by atoms with E-state index in [1.54, 1.807) is 11.3 Å². The summed E-state index contributed by atoms with van der Waals surface area (Å²) in [6, 6.07) is 4.31. The van der Waals surface area contributed by atoms with Gasteiger partial charge in [-0.15, -0.1) is 0 Å². The van der Waals surface area contributed by atoms with Crippen LogP contribution in [0.25, 0.3) is 10.2 Å². The van der Waals surface area contributed by atoms with Gasteiger partial charge in [0, 0.05) is 19.0 Å². The summed E-state index contributed by atoms with van der Waals surface area (Å²) in [6.45, 7) is 5.78. The van der Waals surface area contributed by atoms with Crippen LogP contribution in [-0.4, -0.2) is 43.0 Å². The quantitative estimate of drug-likeness (QED) is 0.822. The van der Waals surface area contributed by atoms with Gasteiger partial charge in [-0.2, -0.15) is 0 Å². The van der Waals surface area contributed by atoms with Crippen molar-refractivity contribution < 1.29 is 4.79 Å². The van der Waals surface area contributed by atoms with Crippen LogP contribution < -0.4 is 4.90 Å². The third-order valence-electron chi connectivity index (χ3n) is 4.78. The van der Waals surface area contributed by atoms with Crippen molar-refractivity contribution in [2.75, 3.05) is 32.1 Å². The molecule has 0 atom stereocenters. The standard InChI is InChI=1S/C19H27N3OS/c1-13-11-14(2)17-16(12-13)20-19(24-17)22(10-9-21(3)4)18(23)15-7-5-6-8-15/h11-12,15H,5-10H2,1-4H3. The van der Waals surface area contributed by atoms with Crippen molar-refractivity contribution in [2.24, 2.45) is 5.92 Å². The predicted molar refractivity (Wildman–Crippen MR) is 102 cm³/mol. The van der Waals surface area contributed by atoms with Crippen LogP contribution in [-0.2, 0) is 4.79 Å². The summed E-state index contributed by atoms with van der Waals surface area (Å²) in [6.07, 6.45) is 4.41. The van der Waals surface area contributed by atoms with Gasteiger partial charge in [0.15, 0.2) is 5.13 Å². The smallest absolute Gasteiger partial charge is 0.231 e. The van der Waals surface area contributed by atoms with Crippen molar-refractivity contribution in [3.05, 3.63) is 23.3 Å². The van der Waals surface area contributed by atoms with E-state index in [9.17, 15) is 4.79 Å². The molecule has 0 N–H and O–H groups in total. The van der Waals surface area contributed by atoms with Crippen molar-refractivity contribution in [3.8, 4) is 0 Å². The fourth-order valence-electron chi connectivity index (χ4n) is 3.47.